The SMILES string of the molecule is Nc1c(F)cncc1B(O)O. The highest BCUT2D eigenvalue weighted by atomic mass is 19.1. The molecule has 0 aromatic carbocycles. The maximum atomic E-state index is 12.5. The molecule has 4 N–H and O–H groups in total. The number of rotatable bonds is 1. The summed E-state index contributed by atoms with van der Waals surface area (Å²) in [6, 6.07) is 0. The van der Waals surface area contributed by atoms with Gasteiger partial charge in [-0.25, -0.2) is 4.39 Å². The van der Waals surface area contributed by atoms with E-state index in [2.05, 4.69) is 4.98 Å². The smallest absolute Gasteiger partial charge is 0.423 e. The van der Waals surface area contributed by atoms with E-state index in [9.17, 15) is 4.39 Å². The van der Waals surface area contributed by atoms with Crippen molar-refractivity contribution in [3.8, 4) is 0 Å². The Kier molecular flexibility index (Phi) is 2.07. The van der Waals surface area contributed by atoms with Crippen LogP contribution in [0.15, 0.2) is 12.4 Å². The summed E-state index contributed by atoms with van der Waals surface area (Å²) in [5.74, 6) is -0.754. The molecule has 0 fully saturated rings. The first-order valence-corrected chi connectivity index (χ1v) is 2.88. The van der Waals surface area contributed by atoms with E-state index < -0.39 is 12.9 Å². The van der Waals surface area contributed by atoms with Gasteiger partial charge >= 0.3 is 7.12 Å². The van der Waals surface area contributed by atoms with Crippen LogP contribution in [0, 0.1) is 5.82 Å². The normalized spacial score (nSPS) is 9.73. The van der Waals surface area contributed by atoms with Gasteiger partial charge < -0.3 is 15.8 Å². The van der Waals surface area contributed by atoms with Gasteiger partial charge in [0, 0.05) is 11.7 Å². The molecule has 0 amide bonds. The molecule has 0 saturated carbocycles. The summed E-state index contributed by atoms with van der Waals surface area (Å²) in [5.41, 5.74) is 4.75. The third-order valence-corrected chi connectivity index (χ3v) is 1.25. The Morgan fingerprint density at radius 2 is 2.09 bits per heavy atom. The molecule has 0 aliphatic carbocycles. The van der Waals surface area contributed by atoms with Crippen LogP contribution in [-0.4, -0.2) is 22.2 Å². The Morgan fingerprint density at radius 1 is 1.45 bits per heavy atom. The summed E-state index contributed by atoms with van der Waals surface area (Å²) in [7, 11) is -1.78. The summed E-state index contributed by atoms with van der Waals surface area (Å²) >= 11 is 0. The van der Waals surface area contributed by atoms with Crippen molar-refractivity contribution in [2.24, 2.45) is 0 Å². The zero-order chi connectivity index (χ0) is 8.43. The molecule has 0 aliphatic heterocycles. The summed E-state index contributed by atoms with van der Waals surface area (Å²) in [5, 5.41) is 17.2. The lowest BCUT2D eigenvalue weighted by Gasteiger charge is -2.02. The van der Waals surface area contributed by atoms with Crippen molar-refractivity contribution in [1.82, 2.24) is 4.98 Å². The van der Waals surface area contributed by atoms with Crippen LogP contribution in [0.2, 0.25) is 0 Å². The van der Waals surface area contributed by atoms with Crippen molar-refractivity contribution in [3.05, 3.63) is 18.2 Å². The van der Waals surface area contributed by atoms with E-state index in [0.717, 1.165) is 12.4 Å². The van der Waals surface area contributed by atoms with Crippen LogP contribution < -0.4 is 11.2 Å². The van der Waals surface area contributed by atoms with E-state index in [1.54, 1.807) is 0 Å². The zero-order valence-corrected chi connectivity index (χ0v) is 5.53. The van der Waals surface area contributed by atoms with Crippen LogP contribution in [0.5, 0.6) is 0 Å². The van der Waals surface area contributed by atoms with Crippen molar-refractivity contribution in [2.75, 3.05) is 5.73 Å². The molecule has 0 spiro atoms. The second-order valence-corrected chi connectivity index (χ2v) is 2.00. The molecule has 1 rings (SSSR count). The van der Waals surface area contributed by atoms with Crippen LogP contribution in [0.4, 0.5) is 10.1 Å². The fraction of sp³-hybridized carbons (Fsp3) is 0. The predicted molar refractivity (Wildman–Crippen MR) is 38.4 cm³/mol. The lowest BCUT2D eigenvalue weighted by Crippen LogP contribution is -2.33. The number of aromatic nitrogens is 1. The molecule has 58 valence electrons. The highest BCUT2D eigenvalue weighted by Crippen LogP contribution is 2.02. The van der Waals surface area contributed by atoms with Gasteiger partial charge in [0.25, 0.3) is 0 Å². The Hall–Kier alpha value is -1.14. The second kappa shape index (κ2) is 2.85. The number of hydrogen-bond donors (Lipinski definition) is 3. The summed E-state index contributed by atoms with van der Waals surface area (Å²) in [6.45, 7) is 0. The Balaban J connectivity index is 3.17. The molecule has 0 unspecified atom stereocenters. The molecule has 6 heteroatoms. The van der Waals surface area contributed by atoms with Gasteiger partial charge in [0.2, 0.25) is 0 Å². The number of anilines is 1. The van der Waals surface area contributed by atoms with Gasteiger partial charge in [-0.15, -0.1) is 0 Å². The molecule has 0 aliphatic rings. The molecule has 0 saturated heterocycles. The molecule has 4 nitrogen and oxygen atoms in total. The van der Waals surface area contributed by atoms with Crippen LogP contribution in [0.25, 0.3) is 0 Å². The molecule has 1 aromatic heterocycles. The van der Waals surface area contributed by atoms with Crippen molar-refractivity contribution in [2.45, 2.75) is 0 Å². The Bertz CT molecular complexity index is 269. The lowest BCUT2D eigenvalue weighted by atomic mass is 9.80. The van der Waals surface area contributed by atoms with Gasteiger partial charge in [-0.2, -0.15) is 0 Å². The molecule has 1 aromatic rings. The van der Waals surface area contributed by atoms with Crippen molar-refractivity contribution >= 4 is 18.3 Å². The lowest BCUT2D eigenvalue weighted by molar-refractivity contribution is 0.425. The molecular weight excluding hydrogens is 150 g/mol. The zero-order valence-electron chi connectivity index (χ0n) is 5.53. The van der Waals surface area contributed by atoms with Crippen LogP contribution >= 0.6 is 0 Å². The second-order valence-electron chi connectivity index (χ2n) is 2.00. The van der Waals surface area contributed by atoms with E-state index in [4.69, 9.17) is 15.8 Å². The van der Waals surface area contributed by atoms with Crippen LogP contribution in [-0.2, 0) is 0 Å². The monoisotopic (exact) mass is 156 g/mol. The standard InChI is InChI=1S/C5H6BFN2O2/c7-4-2-9-1-3(5(4)8)6(10)11/h1-2,10-11H,(H2,8,9). The average molecular weight is 156 g/mol. The van der Waals surface area contributed by atoms with Gasteiger partial charge in [0.05, 0.1) is 11.9 Å². The van der Waals surface area contributed by atoms with Crippen molar-refractivity contribution in [1.29, 1.82) is 0 Å². The number of nitrogens with zero attached hydrogens (tertiary/aromatic N) is 1. The minimum absolute atomic E-state index is 0.120. The molecule has 0 atom stereocenters. The van der Waals surface area contributed by atoms with Gasteiger partial charge in [0.15, 0.2) is 5.82 Å². The summed E-state index contributed by atoms with van der Waals surface area (Å²) < 4.78 is 12.5. The Morgan fingerprint density at radius 3 is 2.55 bits per heavy atom. The van der Waals surface area contributed by atoms with Crippen LogP contribution in [0.3, 0.4) is 0 Å². The van der Waals surface area contributed by atoms with Gasteiger partial charge in [0.1, 0.15) is 0 Å². The highest BCUT2D eigenvalue weighted by molar-refractivity contribution is 6.60. The largest absolute Gasteiger partial charge is 0.492 e. The minimum Gasteiger partial charge on any atom is -0.423 e. The first-order valence-electron chi connectivity index (χ1n) is 2.88. The first kappa shape index (κ1) is 7.97. The topological polar surface area (TPSA) is 79.4 Å². The average Bonchev–Trinajstić information content (AvgIpc) is 1.94. The molecular formula is C5H6BFN2O2. The molecule has 0 radical (unpaired) electrons. The van der Waals surface area contributed by atoms with E-state index in [-0.39, 0.29) is 11.2 Å². The van der Waals surface area contributed by atoms with E-state index in [1.165, 1.54) is 0 Å². The number of nitrogens with two attached hydrogens (primary N) is 1. The molecule has 1 heterocycles. The summed E-state index contributed by atoms with van der Waals surface area (Å²) in [4.78, 5) is 3.39. The van der Waals surface area contributed by atoms with Gasteiger partial charge in [-0.1, -0.05) is 0 Å². The maximum absolute atomic E-state index is 12.5. The highest BCUT2D eigenvalue weighted by Gasteiger charge is 2.16. The first-order chi connectivity index (χ1) is 5.13. The van der Waals surface area contributed by atoms with E-state index in [1.807, 2.05) is 0 Å². The van der Waals surface area contributed by atoms with Crippen molar-refractivity contribution in [3.63, 3.8) is 0 Å². The molecule has 0 bridgehead atoms. The third kappa shape index (κ3) is 1.47. The maximum Gasteiger partial charge on any atom is 0.492 e. The minimum atomic E-state index is -1.78. The molecule has 11 heavy (non-hydrogen) atoms. The predicted octanol–water partition coefficient (Wildman–Crippen LogP) is -1.52. The quantitative estimate of drug-likeness (QED) is 0.431. The fourth-order valence-electron chi connectivity index (χ4n) is 0.666. The number of pyridine rings is 1. The number of nitrogen functional groups attached to an aromatic ring is 1. The number of halogens is 1. The van der Waals surface area contributed by atoms with Crippen molar-refractivity contribution < 1.29 is 14.4 Å². The Labute approximate surface area is 62.6 Å². The summed E-state index contributed by atoms with van der Waals surface area (Å²) in [6.07, 6.45) is 2.00. The van der Waals surface area contributed by atoms with Gasteiger partial charge in [-0.3, -0.25) is 4.98 Å². The van der Waals surface area contributed by atoms with E-state index in [0.29, 0.717) is 0 Å². The van der Waals surface area contributed by atoms with Gasteiger partial charge in [-0.05, 0) is 0 Å². The van der Waals surface area contributed by atoms with Crippen LogP contribution in [0.1, 0.15) is 0 Å². The number of hydrogen-bond acceptors (Lipinski definition) is 4. The third-order valence-electron chi connectivity index (χ3n) is 1.25. The fourth-order valence-corrected chi connectivity index (χ4v) is 0.666. The van der Waals surface area contributed by atoms with E-state index >= 15 is 0 Å².